The molecule has 25 heavy (non-hydrogen) atoms. The molecule has 0 radical (unpaired) electrons. The summed E-state index contributed by atoms with van der Waals surface area (Å²) in [5.41, 5.74) is 6.65. The Kier molecular flexibility index (Phi) is 10.0. The second kappa shape index (κ2) is 11.8. The molecule has 0 aliphatic heterocycles. The summed E-state index contributed by atoms with van der Waals surface area (Å²) < 4.78 is 5.11. The number of unbranched alkanes of at least 4 members (excludes halogenated alkanes) is 1. The standard InChI is InChI=1S/C17H22ClN5O.HI/c1-24-15-8-7-13(12-14(15)18)23-17(19)22-11-5-4-10-21-16-6-2-3-9-20-16;/h2-3,6-9,12H,4-5,10-11H2,1H3,(H,20,21)(H3,19,22,23);1H. The molecule has 0 atom stereocenters. The van der Waals surface area contributed by atoms with Crippen LogP contribution in [0.1, 0.15) is 12.8 Å². The van der Waals surface area contributed by atoms with Gasteiger partial charge in [-0.1, -0.05) is 17.7 Å². The summed E-state index contributed by atoms with van der Waals surface area (Å²) in [5, 5.41) is 6.79. The lowest BCUT2D eigenvalue weighted by Crippen LogP contribution is -2.22. The molecule has 1 aromatic carbocycles. The third kappa shape index (κ3) is 7.78. The fourth-order valence-electron chi connectivity index (χ4n) is 2.05. The van der Waals surface area contributed by atoms with Crippen molar-refractivity contribution in [2.45, 2.75) is 12.8 Å². The van der Waals surface area contributed by atoms with Crippen LogP contribution in [0, 0.1) is 0 Å². The maximum atomic E-state index is 6.07. The normalized spacial score (nSPS) is 10.7. The SMILES string of the molecule is COc1ccc(NC(N)=NCCCCNc2ccccn2)cc1Cl.I. The third-order valence-electron chi connectivity index (χ3n) is 3.26. The van der Waals surface area contributed by atoms with E-state index in [0.717, 1.165) is 30.9 Å². The number of ether oxygens (including phenoxy) is 1. The Morgan fingerprint density at radius 3 is 2.80 bits per heavy atom. The van der Waals surface area contributed by atoms with Crippen LogP contribution in [0.15, 0.2) is 47.6 Å². The number of benzene rings is 1. The van der Waals surface area contributed by atoms with Crippen LogP contribution in [0.25, 0.3) is 0 Å². The molecule has 0 saturated carbocycles. The van der Waals surface area contributed by atoms with Gasteiger partial charge in [-0.3, -0.25) is 4.99 Å². The van der Waals surface area contributed by atoms with Gasteiger partial charge in [-0.25, -0.2) is 4.98 Å². The molecule has 8 heteroatoms. The number of hydrogen-bond acceptors (Lipinski definition) is 4. The minimum atomic E-state index is 0. The highest BCUT2D eigenvalue weighted by molar-refractivity contribution is 14.0. The quantitative estimate of drug-likeness (QED) is 0.233. The average molecular weight is 476 g/mol. The summed E-state index contributed by atoms with van der Waals surface area (Å²) in [7, 11) is 1.58. The van der Waals surface area contributed by atoms with Gasteiger partial charge in [-0.05, 0) is 43.2 Å². The lowest BCUT2D eigenvalue weighted by atomic mass is 10.3. The molecule has 1 heterocycles. The van der Waals surface area contributed by atoms with E-state index in [4.69, 9.17) is 22.1 Å². The fourth-order valence-corrected chi connectivity index (χ4v) is 2.31. The van der Waals surface area contributed by atoms with Crippen LogP contribution in [-0.4, -0.2) is 31.1 Å². The Hall–Kier alpha value is -1.74. The number of nitrogens with one attached hydrogen (secondary N) is 2. The summed E-state index contributed by atoms with van der Waals surface area (Å²) in [6.07, 6.45) is 3.69. The Balaban J connectivity index is 0.00000312. The van der Waals surface area contributed by atoms with Gasteiger partial charge in [0.1, 0.15) is 11.6 Å². The van der Waals surface area contributed by atoms with Crippen LogP contribution in [0.4, 0.5) is 11.5 Å². The van der Waals surface area contributed by atoms with Crippen molar-refractivity contribution in [3.63, 3.8) is 0 Å². The summed E-state index contributed by atoms with van der Waals surface area (Å²) in [4.78, 5) is 8.50. The van der Waals surface area contributed by atoms with Crippen molar-refractivity contribution in [3.05, 3.63) is 47.6 Å². The number of halogens is 2. The molecule has 0 fully saturated rings. The van der Waals surface area contributed by atoms with Crippen molar-refractivity contribution < 1.29 is 4.74 Å². The predicted octanol–water partition coefficient (Wildman–Crippen LogP) is 3.98. The zero-order chi connectivity index (χ0) is 17.2. The third-order valence-corrected chi connectivity index (χ3v) is 3.56. The number of aromatic nitrogens is 1. The summed E-state index contributed by atoms with van der Waals surface area (Å²) in [6.45, 7) is 1.51. The lowest BCUT2D eigenvalue weighted by molar-refractivity contribution is 0.415. The smallest absolute Gasteiger partial charge is 0.193 e. The summed E-state index contributed by atoms with van der Waals surface area (Å²) in [5.74, 6) is 1.88. The number of nitrogens with zero attached hydrogens (tertiary/aromatic N) is 2. The first-order chi connectivity index (χ1) is 11.7. The van der Waals surface area contributed by atoms with Crippen molar-refractivity contribution in [1.82, 2.24) is 4.98 Å². The van der Waals surface area contributed by atoms with Crippen LogP contribution in [0.3, 0.4) is 0 Å². The monoisotopic (exact) mass is 475 g/mol. The highest BCUT2D eigenvalue weighted by Gasteiger charge is 2.02. The number of hydrogen-bond donors (Lipinski definition) is 3. The van der Waals surface area contributed by atoms with Gasteiger partial charge < -0.3 is 21.1 Å². The highest BCUT2D eigenvalue weighted by Crippen LogP contribution is 2.26. The van der Waals surface area contributed by atoms with Crippen LogP contribution in [0.5, 0.6) is 5.75 Å². The molecule has 0 bridgehead atoms. The number of aliphatic imine (C=N–C) groups is 1. The van der Waals surface area contributed by atoms with Gasteiger partial charge in [0.05, 0.1) is 12.1 Å². The highest BCUT2D eigenvalue weighted by atomic mass is 127. The van der Waals surface area contributed by atoms with Crippen molar-refractivity contribution in [2.24, 2.45) is 10.7 Å². The summed E-state index contributed by atoms with van der Waals surface area (Å²) in [6, 6.07) is 11.2. The molecule has 0 saturated heterocycles. The van der Waals surface area contributed by atoms with E-state index in [9.17, 15) is 0 Å². The molecule has 0 unspecified atom stereocenters. The first-order valence-corrected chi connectivity index (χ1v) is 8.12. The van der Waals surface area contributed by atoms with Gasteiger partial charge in [0.25, 0.3) is 0 Å². The second-order valence-electron chi connectivity index (χ2n) is 5.09. The van der Waals surface area contributed by atoms with Gasteiger partial charge in [-0.15, -0.1) is 24.0 Å². The van der Waals surface area contributed by atoms with Crippen LogP contribution in [-0.2, 0) is 0 Å². The first-order valence-electron chi connectivity index (χ1n) is 7.74. The molecule has 0 spiro atoms. The molecule has 0 aliphatic rings. The Morgan fingerprint density at radius 1 is 1.28 bits per heavy atom. The topological polar surface area (TPSA) is 84.6 Å². The minimum absolute atomic E-state index is 0. The molecule has 4 N–H and O–H groups in total. The van der Waals surface area contributed by atoms with Crippen molar-refractivity contribution in [2.75, 3.05) is 30.8 Å². The number of pyridine rings is 1. The molecular weight excluding hydrogens is 453 g/mol. The summed E-state index contributed by atoms with van der Waals surface area (Å²) >= 11 is 6.07. The van der Waals surface area contributed by atoms with Crippen molar-refractivity contribution in [3.8, 4) is 5.75 Å². The molecule has 6 nitrogen and oxygen atoms in total. The van der Waals surface area contributed by atoms with Gasteiger partial charge in [-0.2, -0.15) is 0 Å². The second-order valence-corrected chi connectivity index (χ2v) is 5.50. The van der Waals surface area contributed by atoms with E-state index < -0.39 is 0 Å². The Morgan fingerprint density at radius 2 is 2.12 bits per heavy atom. The van der Waals surface area contributed by atoms with E-state index in [2.05, 4.69) is 20.6 Å². The molecular formula is C17H23ClIN5O. The lowest BCUT2D eigenvalue weighted by Gasteiger charge is -2.08. The zero-order valence-electron chi connectivity index (χ0n) is 14.0. The predicted molar refractivity (Wildman–Crippen MR) is 115 cm³/mol. The van der Waals surface area contributed by atoms with E-state index in [1.807, 2.05) is 24.3 Å². The van der Waals surface area contributed by atoms with Crippen LogP contribution >= 0.6 is 35.6 Å². The maximum absolute atomic E-state index is 6.07. The number of guanidine groups is 1. The van der Waals surface area contributed by atoms with Crippen LogP contribution in [0.2, 0.25) is 5.02 Å². The fraction of sp³-hybridized carbons (Fsp3) is 0.294. The Labute approximate surface area is 170 Å². The minimum Gasteiger partial charge on any atom is -0.495 e. The van der Waals surface area contributed by atoms with Crippen molar-refractivity contribution in [1.29, 1.82) is 0 Å². The van der Waals surface area contributed by atoms with E-state index >= 15 is 0 Å². The maximum Gasteiger partial charge on any atom is 0.193 e. The van der Waals surface area contributed by atoms with E-state index in [-0.39, 0.29) is 24.0 Å². The number of methoxy groups -OCH3 is 1. The number of anilines is 2. The van der Waals surface area contributed by atoms with Gasteiger partial charge in [0, 0.05) is 25.0 Å². The molecule has 2 rings (SSSR count). The van der Waals surface area contributed by atoms with Gasteiger partial charge in [0.15, 0.2) is 5.96 Å². The van der Waals surface area contributed by atoms with E-state index in [0.29, 0.717) is 23.3 Å². The molecule has 0 amide bonds. The number of rotatable bonds is 8. The number of nitrogens with two attached hydrogens (primary N) is 1. The largest absolute Gasteiger partial charge is 0.495 e. The average Bonchev–Trinajstić information content (AvgIpc) is 2.59. The Bertz CT molecular complexity index is 669. The van der Waals surface area contributed by atoms with E-state index in [1.54, 1.807) is 25.4 Å². The van der Waals surface area contributed by atoms with Crippen molar-refractivity contribution >= 4 is 53.0 Å². The molecule has 136 valence electrons. The molecule has 2 aromatic rings. The van der Waals surface area contributed by atoms with Gasteiger partial charge >= 0.3 is 0 Å². The van der Waals surface area contributed by atoms with E-state index in [1.165, 1.54) is 0 Å². The molecule has 0 aliphatic carbocycles. The van der Waals surface area contributed by atoms with Crippen LogP contribution < -0.4 is 21.1 Å². The van der Waals surface area contributed by atoms with Gasteiger partial charge in [0.2, 0.25) is 0 Å². The molecule has 1 aromatic heterocycles. The first kappa shape index (κ1) is 21.3. The zero-order valence-corrected chi connectivity index (χ0v) is 17.1.